The molecule has 0 saturated heterocycles. The third-order valence-electron chi connectivity index (χ3n) is 4.41. The predicted octanol–water partition coefficient (Wildman–Crippen LogP) is 4.80. The van der Waals surface area contributed by atoms with E-state index < -0.39 is 0 Å². The fourth-order valence-electron chi connectivity index (χ4n) is 2.60. The number of aromatic nitrogens is 2. The van der Waals surface area contributed by atoms with Crippen LogP contribution in [-0.2, 0) is 9.59 Å². The van der Waals surface area contributed by atoms with Crippen molar-refractivity contribution in [1.82, 2.24) is 9.97 Å². The van der Waals surface area contributed by atoms with Crippen LogP contribution >= 0.6 is 34.8 Å². The summed E-state index contributed by atoms with van der Waals surface area (Å²) in [4.78, 5) is 33.0. The van der Waals surface area contributed by atoms with E-state index in [1.807, 2.05) is 0 Å². The first-order valence-electron chi connectivity index (χ1n) is 8.56. The zero-order valence-electron chi connectivity index (χ0n) is 14.1. The number of anilines is 2. The second kappa shape index (κ2) is 7.26. The fraction of sp³-hybridized carbons (Fsp3) is 0.333. The monoisotopic (exact) mass is 424 g/mol. The van der Waals surface area contributed by atoms with E-state index in [9.17, 15) is 9.59 Å². The van der Waals surface area contributed by atoms with E-state index in [2.05, 4.69) is 20.6 Å². The van der Waals surface area contributed by atoms with Gasteiger partial charge in [-0.1, -0.05) is 34.8 Å². The second-order valence-electron chi connectivity index (χ2n) is 6.73. The number of nitrogens with one attached hydrogen (secondary N) is 2. The van der Waals surface area contributed by atoms with E-state index in [0.29, 0.717) is 16.3 Å². The normalized spacial score (nSPS) is 16.1. The Hall–Kier alpha value is -1.89. The lowest BCUT2D eigenvalue weighted by molar-refractivity contribution is -0.118. The largest absolute Gasteiger partial charge is 0.309 e. The lowest BCUT2D eigenvalue weighted by Crippen LogP contribution is -2.18. The van der Waals surface area contributed by atoms with Gasteiger partial charge in [-0.15, -0.1) is 0 Å². The van der Waals surface area contributed by atoms with Gasteiger partial charge in [0.2, 0.25) is 11.8 Å². The third kappa shape index (κ3) is 4.18. The van der Waals surface area contributed by atoms with Gasteiger partial charge in [-0.25, -0.2) is 9.97 Å². The van der Waals surface area contributed by atoms with Gasteiger partial charge in [0.15, 0.2) is 11.6 Å². The van der Waals surface area contributed by atoms with E-state index in [1.54, 1.807) is 6.07 Å². The minimum atomic E-state index is -0.138. The molecule has 1 aromatic carbocycles. The molecule has 9 heteroatoms. The smallest absolute Gasteiger partial charge is 0.228 e. The Morgan fingerprint density at radius 1 is 0.963 bits per heavy atom. The van der Waals surface area contributed by atoms with Gasteiger partial charge in [-0.2, -0.15) is 0 Å². The van der Waals surface area contributed by atoms with Crippen LogP contribution in [0.2, 0.25) is 15.1 Å². The number of carbonyl (C=O) groups is 2. The number of amides is 2. The average molecular weight is 426 g/mol. The van der Waals surface area contributed by atoms with Crippen LogP contribution in [0.15, 0.2) is 18.3 Å². The Labute approximate surface area is 170 Å². The first-order valence-corrected chi connectivity index (χ1v) is 9.69. The molecule has 6 nitrogen and oxygen atoms in total. The van der Waals surface area contributed by atoms with Crippen molar-refractivity contribution in [3.8, 4) is 11.3 Å². The summed E-state index contributed by atoms with van der Waals surface area (Å²) in [6, 6.07) is 3.13. The number of hydrogen-bond acceptors (Lipinski definition) is 4. The molecule has 0 aliphatic heterocycles. The predicted molar refractivity (Wildman–Crippen MR) is 105 cm³/mol. The van der Waals surface area contributed by atoms with Crippen molar-refractivity contribution in [2.75, 3.05) is 10.6 Å². The van der Waals surface area contributed by atoms with Crippen LogP contribution in [0.25, 0.3) is 11.3 Å². The number of rotatable bonds is 5. The van der Waals surface area contributed by atoms with Gasteiger partial charge in [0.05, 0.1) is 16.2 Å². The standard InChI is InChI=1S/C18H15Cl3N4O2/c19-10-5-11(14(21)12(20)6-10)15-16(25-18(27)9-3-4-9)23-13(7-22-15)24-17(26)8-1-2-8/h5-9H,1-4H2,(H2,23,24,25,26,27). The zero-order chi connectivity index (χ0) is 19.1. The minimum absolute atomic E-state index is 0.0252. The molecule has 1 aromatic heterocycles. The lowest BCUT2D eigenvalue weighted by Gasteiger charge is -2.13. The maximum Gasteiger partial charge on any atom is 0.228 e. The third-order valence-corrected chi connectivity index (χ3v) is 5.43. The van der Waals surface area contributed by atoms with Gasteiger partial charge in [-0.05, 0) is 37.8 Å². The van der Waals surface area contributed by atoms with E-state index in [0.717, 1.165) is 25.7 Å². The van der Waals surface area contributed by atoms with Crippen LogP contribution in [0.5, 0.6) is 0 Å². The van der Waals surface area contributed by atoms with Crippen LogP contribution in [-0.4, -0.2) is 21.8 Å². The summed E-state index contributed by atoms with van der Waals surface area (Å²) >= 11 is 18.5. The number of carbonyl (C=O) groups excluding carboxylic acids is 2. The molecule has 2 amide bonds. The summed E-state index contributed by atoms with van der Waals surface area (Å²) in [5, 5.41) is 6.42. The van der Waals surface area contributed by atoms with Crippen molar-refractivity contribution in [3.63, 3.8) is 0 Å². The van der Waals surface area contributed by atoms with E-state index >= 15 is 0 Å². The molecule has 2 aromatic rings. The Kier molecular flexibility index (Phi) is 4.97. The molecular weight excluding hydrogens is 411 g/mol. The Bertz CT molecular complexity index is 942. The molecule has 2 aliphatic carbocycles. The molecule has 2 fully saturated rings. The highest BCUT2D eigenvalue weighted by Crippen LogP contribution is 2.39. The first kappa shape index (κ1) is 18.5. The van der Waals surface area contributed by atoms with Crippen molar-refractivity contribution in [1.29, 1.82) is 0 Å². The Morgan fingerprint density at radius 3 is 2.22 bits per heavy atom. The summed E-state index contributed by atoms with van der Waals surface area (Å²) in [7, 11) is 0. The quantitative estimate of drug-likeness (QED) is 0.674. The summed E-state index contributed by atoms with van der Waals surface area (Å²) < 4.78 is 0. The molecule has 140 valence electrons. The van der Waals surface area contributed by atoms with Crippen LogP contribution in [0.4, 0.5) is 11.6 Å². The van der Waals surface area contributed by atoms with Gasteiger partial charge < -0.3 is 10.6 Å². The first-order chi connectivity index (χ1) is 12.9. The van der Waals surface area contributed by atoms with Crippen LogP contribution in [0.3, 0.4) is 0 Å². The minimum Gasteiger partial charge on any atom is -0.309 e. The van der Waals surface area contributed by atoms with Gasteiger partial charge >= 0.3 is 0 Å². The van der Waals surface area contributed by atoms with Gasteiger partial charge in [0.1, 0.15) is 5.69 Å². The van der Waals surface area contributed by atoms with Crippen LogP contribution in [0, 0.1) is 11.8 Å². The topological polar surface area (TPSA) is 84.0 Å². The molecule has 2 aliphatic rings. The molecule has 0 spiro atoms. The molecule has 27 heavy (non-hydrogen) atoms. The molecule has 0 atom stereocenters. The molecule has 2 N–H and O–H groups in total. The van der Waals surface area contributed by atoms with Crippen molar-refractivity contribution in [3.05, 3.63) is 33.4 Å². The summed E-state index contributed by atoms with van der Waals surface area (Å²) in [6.45, 7) is 0. The maximum absolute atomic E-state index is 12.3. The molecule has 1 heterocycles. The molecule has 0 unspecified atom stereocenters. The van der Waals surface area contributed by atoms with Crippen molar-refractivity contribution in [2.24, 2.45) is 11.8 Å². The molecule has 4 rings (SSSR count). The molecular formula is C18H15Cl3N4O2. The Balaban J connectivity index is 1.72. The summed E-state index contributed by atoms with van der Waals surface area (Å²) in [5.41, 5.74) is 0.788. The SMILES string of the molecule is O=C(Nc1cnc(-c2cc(Cl)cc(Cl)c2Cl)c(NC(=O)C2CC2)n1)C1CC1. The van der Waals surface area contributed by atoms with Gasteiger partial charge in [0.25, 0.3) is 0 Å². The number of benzene rings is 1. The van der Waals surface area contributed by atoms with Gasteiger partial charge in [-0.3, -0.25) is 9.59 Å². The number of hydrogen-bond donors (Lipinski definition) is 2. The van der Waals surface area contributed by atoms with Crippen molar-refractivity contribution < 1.29 is 9.59 Å². The molecule has 0 bridgehead atoms. The van der Waals surface area contributed by atoms with E-state index in [4.69, 9.17) is 34.8 Å². The highest BCUT2D eigenvalue weighted by Gasteiger charge is 2.32. The Morgan fingerprint density at radius 2 is 1.59 bits per heavy atom. The lowest BCUT2D eigenvalue weighted by atomic mass is 10.1. The molecule has 2 saturated carbocycles. The molecule has 0 radical (unpaired) electrons. The van der Waals surface area contributed by atoms with Crippen LogP contribution < -0.4 is 10.6 Å². The fourth-order valence-corrected chi connectivity index (χ4v) is 3.29. The average Bonchev–Trinajstić information content (AvgIpc) is 3.50. The number of nitrogens with zero attached hydrogens (tertiary/aromatic N) is 2. The second-order valence-corrected chi connectivity index (χ2v) is 7.95. The zero-order valence-corrected chi connectivity index (χ0v) is 16.3. The summed E-state index contributed by atoms with van der Waals surface area (Å²) in [6.07, 6.45) is 4.86. The van der Waals surface area contributed by atoms with Crippen molar-refractivity contribution >= 4 is 58.3 Å². The van der Waals surface area contributed by atoms with Gasteiger partial charge in [0, 0.05) is 22.4 Å². The van der Waals surface area contributed by atoms with E-state index in [1.165, 1.54) is 12.3 Å². The maximum atomic E-state index is 12.3. The highest BCUT2D eigenvalue weighted by atomic mass is 35.5. The van der Waals surface area contributed by atoms with E-state index in [-0.39, 0.29) is 45.3 Å². The highest BCUT2D eigenvalue weighted by molar-refractivity contribution is 6.45. The van der Waals surface area contributed by atoms with Crippen molar-refractivity contribution in [2.45, 2.75) is 25.7 Å². The van der Waals surface area contributed by atoms with Crippen LogP contribution in [0.1, 0.15) is 25.7 Å². The summed E-state index contributed by atoms with van der Waals surface area (Å²) in [5.74, 6) is 0.243. The number of halogens is 3.